The Morgan fingerprint density at radius 2 is 1.93 bits per heavy atom. The van der Waals surface area contributed by atoms with Gasteiger partial charge in [0.05, 0.1) is 25.3 Å². The average molecular weight is 410 g/mol. The van der Waals surface area contributed by atoms with E-state index in [4.69, 9.17) is 37.4 Å². The predicted octanol–water partition coefficient (Wildman–Crippen LogP) is 4.75. The molecule has 1 aliphatic heterocycles. The molecular weight excluding hydrogens is 389 g/mol. The van der Waals surface area contributed by atoms with Crippen molar-refractivity contribution in [2.45, 2.75) is 18.9 Å². The van der Waals surface area contributed by atoms with Crippen LogP contribution in [0.3, 0.4) is 0 Å². The van der Waals surface area contributed by atoms with Gasteiger partial charge in [-0.05, 0) is 37.1 Å². The van der Waals surface area contributed by atoms with Gasteiger partial charge in [-0.3, -0.25) is 4.79 Å². The van der Waals surface area contributed by atoms with Gasteiger partial charge in [0.1, 0.15) is 17.2 Å². The molecule has 144 valence electrons. The maximum atomic E-state index is 12.8. The number of likely N-dealkylation sites (tertiary alicyclic amines) is 1. The average Bonchev–Trinajstić information content (AvgIpc) is 3.17. The van der Waals surface area contributed by atoms with Crippen LogP contribution in [0, 0.1) is 0 Å². The van der Waals surface area contributed by atoms with E-state index in [0.717, 1.165) is 18.4 Å². The first kappa shape index (κ1) is 19.6. The number of benzene rings is 2. The lowest BCUT2D eigenvalue weighted by Gasteiger charge is -2.26. The molecule has 3 rings (SSSR count). The summed E-state index contributed by atoms with van der Waals surface area (Å²) in [6, 6.07) is 10.5. The third-order valence-electron chi connectivity index (χ3n) is 4.62. The maximum Gasteiger partial charge on any atom is 0.261 e. The summed E-state index contributed by atoms with van der Waals surface area (Å²) in [7, 11) is 3.22. The number of hydrogen-bond acceptors (Lipinski definition) is 4. The van der Waals surface area contributed by atoms with Crippen molar-refractivity contribution in [1.29, 1.82) is 0 Å². The summed E-state index contributed by atoms with van der Waals surface area (Å²) in [5.74, 6) is 1.71. The summed E-state index contributed by atoms with van der Waals surface area (Å²) < 4.78 is 16.4. The molecule has 0 bridgehead atoms. The molecule has 0 N–H and O–H groups in total. The number of amides is 1. The molecule has 0 aromatic heterocycles. The number of hydrogen-bond donors (Lipinski definition) is 0. The van der Waals surface area contributed by atoms with Gasteiger partial charge in [-0.2, -0.15) is 0 Å². The fourth-order valence-corrected chi connectivity index (χ4v) is 3.63. The molecule has 0 spiro atoms. The van der Waals surface area contributed by atoms with Gasteiger partial charge in [0.15, 0.2) is 6.61 Å². The smallest absolute Gasteiger partial charge is 0.261 e. The Bertz CT molecular complexity index is 828. The highest BCUT2D eigenvalue weighted by atomic mass is 35.5. The predicted molar refractivity (Wildman–Crippen MR) is 105 cm³/mol. The van der Waals surface area contributed by atoms with Gasteiger partial charge >= 0.3 is 0 Å². The number of ether oxygens (including phenoxy) is 3. The summed E-state index contributed by atoms with van der Waals surface area (Å²) in [4.78, 5) is 14.6. The second-order valence-electron chi connectivity index (χ2n) is 6.22. The van der Waals surface area contributed by atoms with Crippen LogP contribution in [-0.2, 0) is 4.79 Å². The van der Waals surface area contributed by atoms with Gasteiger partial charge in [0.25, 0.3) is 5.91 Å². The lowest BCUT2D eigenvalue weighted by Crippen LogP contribution is -2.34. The highest BCUT2D eigenvalue weighted by molar-refractivity contribution is 6.34. The standard InChI is InChI=1S/C20H21Cl2NO4/c1-25-14-6-7-15(18(11-14)26-2)17-4-3-9-23(17)20(24)12-27-19-10-13(21)5-8-16(19)22/h5-8,10-11,17H,3-4,9,12H2,1-2H3/t17-/m0/s1. The molecular formula is C20H21Cl2NO4. The van der Waals surface area contributed by atoms with Gasteiger partial charge in [0.2, 0.25) is 0 Å². The molecule has 1 atom stereocenters. The molecule has 27 heavy (non-hydrogen) atoms. The van der Waals surface area contributed by atoms with Gasteiger partial charge in [-0.25, -0.2) is 0 Å². The molecule has 0 saturated carbocycles. The Hall–Kier alpha value is -2.11. The van der Waals surface area contributed by atoms with Crippen molar-refractivity contribution in [3.63, 3.8) is 0 Å². The molecule has 7 heteroatoms. The van der Waals surface area contributed by atoms with Crippen LogP contribution in [0.1, 0.15) is 24.4 Å². The van der Waals surface area contributed by atoms with E-state index in [1.165, 1.54) is 0 Å². The monoisotopic (exact) mass is 409 g/mol. The van der Waals surface area contributed by atoms with Crippen molar-refractivity contribution < 1.29 is 19.0 Å². The van der Waals surface area contributed by atoms with Crippen LogP contribution < -0.4 is 14.2 Å². The molecule has 0 aliphatic carbocycles. The number of carbonyl (C=O) groups is 1. The lowest BCUT2D eigenvalue weighted by atomic mass is 10.0. The number of rotatable bonds is 6. The van der Waals surface area contributed by atoms with Crippen molar-refractivity contribution in [3.05, 3.63) is 52.0 Å². The second-order valence-corrected chi connectivity index (χ2v) is 7.06. The number of methoxy groups -OCH3 is 2. The third-order valence-corrected chi connectivity index (χ3v) is 5.16. The van der Waals surface area contributed by atoms with E-state index in [2.05, 4.69) is 0 Å². The topological polar surface area (TPSA) is 48.0 Å². The molecule has 2 aromatic rings. The minimum absolute atomic E-state index is 0.0585. The van der Waals surface area contributed by atoms with E-state index in [0.29, 0.717) is 33.8 Å². The van der Waals surface area contributed by atoms with E-state index in [9.17, 15) is 4.79 Å². The zero-order chi connectivity index (χ0) is 19.4. The molecule has 1 amide bonds. The Morgan fingerprint density at radius 3 is 2.67 bits per heavy atom. The summed E-state index contributed by atoms with van der Waals surface area (Å²) in [5, 5.41) is 0.922. The summed E-state index contributed by atoms with van der Waals surface area (Å²) in [6.45, 7) is 0.570. The van der Waals surface area contributed by atoms with E-state index in [1.54, 1.807) is 32.4 Å². The minimum Gasteiger partial charge on any atom is -0.497 e. The number of carbonyl (C=O) groups excluding carboxylic acids is 1. The Balaban J connectivity index is 1.74. The van der Waals surface area contributed by atoms with Crippen LogP contribution >= 0.6 is 23.2 Å². The highest BCUT2D eigenvalue weighted by Crippen LogP contribution is 2.38. The molecule has 1 fully saturated rings. The fourth-order valence-electron chi connectivity index (χ4n) is 3.29. The van der Waals surface area contributed by atoms with E-state index >= 15 is 0 Å². The van der Waals surface area contributed by atoms with Crippen molar-refractivity contribution in [3.8, 4) is 17.2 Å². The van der Waals surface area contributed by atoms with Crippen LogP contribution in [0.15, 0.2) is 36.4 Å². The Kier molecular flexibility index (Phi) is 6.34. The first-order chi connectivity index (χ1) is 13.0. The third kappa shape index (κ3) is 4.42. The quantitative estimate of drug-likeness (QED) is 0.690. The van der Waals surface area contributed by atoms with E-state index in [1.807, 2.05) is 23.1 Å². The van der Waals surface area contributed by atoms with Crippen LogP contribution in [0.4, 0.5) is 0 Å². The number of nitrogens with zero attached hydrogens (tertiary/aromatic N) is 1. The maximum absolute atomic E-state index is 12.8. The van der Waals surface area contributed by atoms with Crippen LogP contribution in [-0.4, -0.2) is 38.2 Å². The van der Waals surface area contributed by atoms with Crippen LogP contribution in [0.5, 0.6) is 17.2 Å². The first-order valence-electron chi connectivity index (χ1n) is 8.62. The second kappa shape index (κ2) is 8.72. The summed E-state index contributed by atoms with van der Waals surface area (Å²) >= 11 is 12.1. The van der Waals surface area contributed by atoms with Crippen LogP contribution in [0.2, 0.25) is 10.0 Å². The minimum atomic E-state index is -0.105. The summed E-state index contributed by atoms with van der Waals surface area (Å²) in [5.41, 5.74) is 0.963. The molecule has 1 heterocycles. The summed E-state index contributed by atoms with van der Waals surface area (Å²) in [6.07, 6.45) is 1.79. The molecule has 5 nitrogen and oxygen atoms in total. The van der Waals surface area contributed by atoms with Crippen LogP contribution in [0.25, 0.3) is 0 Å². The van der Waals surface area contributed by atoms with Gasteiger partial charge < -0.3 is 19.1 Å². The van der Waals surface area contributed by atoms with E-state index < -0.39 is 0 Å². The van der Waals surface area contributed by atoms with Gasteiger partial charge in [-0.15, -0.1) is 0 Å². The fraction of sp³-hybridized carbons (Fsp3) is 0.350. The highest BCUT2D eigenvalue weighted by Gasteiger charge is 2.32. The largest absolute Gasteiger partial charge is 0.497 e. The normalized spacial score (nSPS) is 16.3. The first-order valence-corrected chi connectivity index (χ1v) is 9.38. The molecule has 0 unspecified atom stereocenters. The Labute approximate surface area is 168 Å². The van der Waals surface area contributed by atoms with Crippen molar-refractivity contribution in [2.24, 2.45) is 0 Å². The molecule has 0 radical (unpaired) electrons. The van der Waals surface area contributed by atoms with Crippen molar-refractivity contribution >= 4 is 29.1 Å². The molecule has 2 aromatic carbocycles. The lowest BCUT2D eigenvalue weighted by molar-refractivity contribution is -0.134. The van der Waals surface area contributed by atoms with Crippen molar-refractivity contribution in [2.75, 3.05) is 27.4 Å². The molecule has 1 saturated heterocycles. The zero-order valence-corrected chi connectivity index (χ0v) is 16.7. The van der Waals surface area contributed by atoms with Gasteiger partial charge in [-0.1, -0.05) is 23.2 Å². The SMILES string of the molecule is COc1ccc([C@@H]2CCCN2C(=O)COc2cc(Cl)ccc2Cl)c(OC)c1. The van der Waals surface area contributed by atoms with Crippen molar-refractivity contribution in [1.82, 2.24) is 4.90 Å². The van der Waals surface area contributed by atoms with Gasteiger partial charge in [0, 0.05) is 29.3 Å². The Morgan fingerprint density at radius 1 is 1.11 bits per heavy atom. The van der Waals surface area contributed by atoms with E-state index in [-0.39, 0.29) is 18.6 Å². The number of halogens is 2. The zero-order valence-electron chi connectivity index (χ0n) is 15.2. The molecule has 1 aliphatic rings.